The molecule has 6 nitrogen and oxygen atoms in total. The minimum absolute atomic E-state index is 0.0993. The highest BCUT2D eigenvalue weighted by molar-refractivity contribution is 5.86. The Morgan fingerprint density at radius 1 is 0.964 bits per heavy atom. The largest absolute Gasteiger partial charge is 0.481 e. The fraction of sp³-hybridized carbons (Fsp3) is 0.250. The van der Waals surface area contributed by atoms with E-state index in [1.807, 2.05) is 6.07 Å². The van der Waals surface area contributed by atoms with Gasteiger partial charge in [0, 0.05) is 13.1 Å². The molecule has 0 bridgehead atoms. The number of benzene rings is 2. The third kappa shape index (κ3) is 6.79. The molecule has 0 heterocycles. The van der Waals surface area contributed by atoms with Crippen molar-refractivity contribution in [2.24, 2.45) is 0 Å². The summed E-state index contributed by atoms with van der Waals surface area (Å²) in [7, 11) is 0. The summed E-state index contributed by atoms with van der Waals surface area (Å²) >= 11 is 0. The summed E-state index contributed by atoms with van der Waals surface area (Å²) in [4.78, 5) is 36.4. The zero-order chi connectivity index (χ0) is 20.5. The number of aliphatic carboxylic acids is 1. The van der Waals surface area contributed by atoms with Crippen molar-refractivity contribution < 1.29 is 28.3 Å². The molecule has 8 heteroatoms. The molecule has 148 valence electrons. The molecule has 2 aromatic carbocycles. The lowest BCUT2D eigenvalue weighted by molar-refractivity contribution is -0.139. The van der Waals surface area contributed by atoms with Crippen molar-refractivity contribution in [1.29, 1.82) is 0 Å². The van der Waals surface area contributed by atoms with Crippen molar-refractivity contribution in [2.45, 2.75) is 19.4 Å². The topological polar surface area (TPSA) is 86.7 Å². The van der Waals surface area contributed by atoms with Crippen molar-refractivity contribution in [3.63, 3.8) is 0 Å². The Morgan fingerprint density at radius 2 is 1.68 bits per heavy atom. The molecular formula is C20H20F2N2O4. The standard InChI is InChI=1S/C20H20F2N2O4/c21-16-7-6-15(10-17(16)22)13-24(9-8-20(27)28)19(26)12-23-18(25)11-14-4-2-1-3-5-14/h1-7,10H,8-9,11-13H2,(H,23,25)(H,27,28). The van der Waals surface area contributed by atoms with Crippen molar-refractivity contribution in [3.8, 4) is 0 Å². The molecule has 0 fully saturated rings. The van der Waals surface area contributed by atoms with E-state index in [0.29, 0.717) is 5.56 Å². The number of rotatable bonds is 9. The molecule has 28 heavy (non-hydrogen) atoms. The number of hydrogen-bond acceptors (Lipinski definition) is 3. The highest BCUT2D eigenvalue weighted by Crippen LogP contribution is 2.11. The first-order chi connectivity index (χ1) is 13.3. The lowest BCUT2D eigenvalue weighted by Gasteiger charge is -2.22. The highest BCUT2D eigenvalue weighted by Gasteiger charge is 2.17. The molecule has 2 N–H and O–H groups in total. The molecule has 0 aliphatic rings. The van der Waals surface area contributed by atoms with E-state index in [4.69, 9.17) is 5.11 Å². The van der Waals surface area contributed by atoms with Crippen LogP contribution < -0.4 is 5.32 Å². The van der Waals surface area contributed by atoms with Gasteiger partial charge in [-0.05, 0) is 23.3 Å². The number of carboxylic acids is 1. The normalized spacial score (nSPS) is 10.4. The average Bonchev–Trinajstić information content (AvgIpc) is 2.66. The Balaban J connectivity index is 1.96. The molecule has 0 saturated heterocycles. The van der Waals surface area contributed by atoms with Crippen LogP contribution in [0.4, 0.5) is 8.78 Å². The molecule has 0 unspecified atom stereocenters. The van der Waals surface area contributed by atoms with Crippen LogP contribution in [0.15, 0.2) is 48.5 Å². The van der Waals surface area contributed by atoms with Crippen LogP contribution in [-0.4, -0.2) is 40.9 Å². The van der Waals surface area contributed by atoms with Gasteiger partial charge in [0.1, 0.15) is 0 Å². The second-order valence-corrected chi connectivity index (χ2v) is 6.15. The molecule has 0 saturated carbocycles. The minimum Gasteiger partial charge on any atom is -0.481 e. The third-order valence-electron chi connectivity index (χ3n) is 3.95. The van der Waals surface area contributed by atoms with Crippen LogP contribution in [0.2, 0.25) is 0 Å². The number of nitrogens with zero attached hydrogens (tertiary/aromatic N) is 1. The fourth-order valence-corrected chi connectivity index (χ4v) is 2.51. The number of carbonyl (C=O) groups excluding carboxylic acids is 2. The number of amides is 2. The maximum absolute atomic E-state index is 13.4. The molecule has 2 amide bonds. The summed E-state index contributed by atoms with van der Waals surface area (Å²) in [5.74, 6) is -4.05. The lowest BCUT2D eigenvalue weighted by Crippen LogP contribution is -2.41. The Morgan fingerprint density at radius 3 is 2.32 bits per heavy atom. The zero-order valence-corrected chi connectivity index (χ0v) is 15.0. The number of halogens is 2. The predicted molar refractivity (Wildman–Crippen MR) is 97.2 cm³/mol. The second-order valence-electron chi connectivity index (χ2n) is 6.15. The van der Waals surface area contributed by atoms with Crippen LogP contribution in [0, 0.1) is 11.6 Å². The fourth-order valence-electron chi connectivity index (χ4n) is 2.51. The molecule has 0 spiro atoms. The Hall–Kier alpha value is -3.29. The lowest BCUT2D eigenvalue weighted by atomic mass is 10.1. The predicted octanol–water partition coefficient (Wildman–Crippen LogP) is 2.13. The maximum atomic E-state index is 13.4. The van der Waals surface area contributed by atoms with Gasteiger partial charge in [0.15, 0.2) is 11.6 Å². The van der Waals surface area contributed by atoms with Crippen LogP contribution in [0.1, 0.15) is 17.5 Å². The number of carbonyl (C=O) groups is 3. The van der Waals surface area contributed by atoms with Crippen LogP contribution in [0.3, 0.4) is 0 Å². The summed E-state index contributed by atoms with van der Waals surface area (Å²) < 4.78 is 26.4. The van der Waals surface area contributed by atoms with Gasteiger partial charge in [-0.2, -0.15) is 0 Å². The first kappa shape index (κ1) is 21.0. The van der Waals surface area contributed by atoms with Gasteiger partial charge in [-0.1, -0.05) is 36.4 Å². The summed E-state index contributed by atoms with van der Waals surface area (Å²) in [5.41, 5.74) is 1.10. The second kappa shape index (κ2) is 10.1. The highest BCUT2D eigenvalue weighted by atomic mass is 19.2. The summed E-state index contributed by atoms with van der Waals surface area (Å²) in [5, 5.41) is 11.3. The van der Waals surface area contributed by atoms with Gasteiger partial charge in [-0.25, -0.2) is 8.78 Å². The van der Waals surface area contributed by atoms with Crippen molar-refractivity contribution in [3.05, 3.63) is 71.3 Å². The van der Waals surface area contributed by atoms with Gasteiger partial charge in [-0.3, -0.25) is 14.4 Å². The molecule has 0 aliphatic heterocycles. The van der Waals surface area contributed by atoms with E-state index in [-0.39, 0.29) is 38.4 Å². The molecular weight excluding hydrogens is 370 g/mol. The number of carboxylic acid groups (broad SMARTS) is 1. The minimum atomic E-state index is -1.10. The number of hydrogen-bond donors (Lipinski definition) is 2. The Labute approximate surface area is 160 Å². The van der Waals surface area contributed by atoms with Crippen molar-refractivity contribution in [2.75, 3.05) is 13.1 Å². The van der Waals surface area contributed by atoms with Gasteiger partial charge >= 0.3 is 5.97 Å². The molecule has 0 atom stereocenters. The molecule has 2 aromatic rings. The van der Waals surface area contributed by atoms with E-state index in [1.165, 1.54) is 11.0 Å². The van der Waals surface area contributed by atoms with E-state index < -0.39 is 23.5 Å². The summed E-state index contributed by atoms with van der Waals surface area (Å²) in [6.07, 6.45) is -0.209. The Kier molecular flexibility index (Phi) is 7.62. The smallest absolute Gasteiger partial charge is 0.305 e. The van der Waals surface area contributed by atoms with Gasteiger partial charge < -0.3 is 15.3 Å². The zero-order valence-electron chi connectivity index (χ0n) is 15.0. The first-order valence-electron chi connectivity index (χ1n) is 8.59. The van der Waals surface area contributed by atoms with E-state index in [0.717, 1.165) is 17.7 Å². The molecule has 0 aliphatic carbocycles. The van der Waals surface area contributed by atoms with Gasteiger partial charge in [-0.15, -0.1) is 0 Å². The summed E-state index contributed by atoms with van der Waals surface area (Å²) in [6, 6.07) is 12.2. The quantitative estimate of drug-likeness (QED) is 0.687. The molecule has 0 radical (unpaired) electrons. The van der Waals surface area contributed by atoms with E-state index in [1.54, 1.807) is 24.3 Å². The Bertz CT molecular complexity index is 843. The van der Waals surface area contributed by atoms with E-state index in [9.17, 15) is 23.2 Å². The van der Waals surface area contributed by atoms with Crippen LogP contribution in [-0.2, 0) is 27.3 Å². The van der Waals surface area contributed by atoms with E-state index >= 15 is 0 Å². The number of nitrogens with one attached hydrogen (secondary N) is 1. The van der Waals surface area contributed by atoms with Gasteiger partial charge in [0.05, 0.1) is 19.4 Å². The first-order valence-corrected chi connectivity index (χ1v) is 8.59. The van der Waals surface area contributed by atoms with Crippen molar-refractivity contribution in [1.82, 2.24) is 10.2 Å². The third-order valence-corrected chi connectivity index (χ3v) is 3.95. The SMILES string of the molecule is O=C(O)CCN(Cc1ccc(F)c(F)c1)C(=O)CNC(=O)Cc1ccccc1. The molecule has 0 aromatic heterocycles. The monoisotopic (exact) mass is 390 g/mol. The molecule has 2 rings (SSSR count). The van der Waals surface area contributed by atoms with Crippen molar-refractivity contribution >= 4 is 17.8 Å². The van der Waals surface area contributed by atoms with Crippen LogP contribution in [0.25, 0.3) is 0 Å². The summed E-state index contributed by atoms with van der Waals surface area (Å²) in [6.45, 7) is -0.547. The van der Waals surface area contributed by atoms with Gasteiger partial charge in [0.2, 0.25) is 11.8 Å². The van der Waals surface area contributed by atoms with Crippen LogP contribution in [0.5, 0.6) is 0 Å². The average molecular weight is 390 g/mol. The van der Waals surface area contributed by atoms with E-state index in [2.05, 4.69) is 5.32 Å². The van der Waals surface area contributed by atoms with Gasteiger partial charge in [0.25, 0.3) is 0 Å². The van der Waals surface area contributed by atoms with Crippen LogP contribution >= 0.6 is 0 Å². The maximum Gasteiger partial charge on any atom is 0.305 e.